The fourth-order valence-corrected chi connectivity index (χ4v) is 2.32. The molecule has 0 bridgehead atoms. The van der Waals surface area contributed by atoms with Gasteiger partial charge in [-0.1, -0.05) is 18.2 Å². The minimum Gasteiger partial charge on any atom is -0.359 e. The highest BCUT2D eigenvalue weighted by Crippen LogP contribution is 2.21. The van der Waals surface area contributed by atoms with E-state index in [0.29, 0.717) is 13.0 Å². The first-order valence-corrected chi connectivity index (χ1v) is 6.42. The van der Waals surface area contributed by atoms with Crippen molar-refractivity contribution in [2.45, 2.75) is 13.3 Å². The lowest BCUT2D eigenvalue weighted by molar-refractivity contribution is -0.124. The number of nitrogens with zero attached hydrogens (tertiary/aromatic N) is 1. The fraction of sp³-hybridized carbons (Fsp3) is 0.333. The lowest BCUT2D eigenvalue weighted by Crippen LogP contribution is -2.34. The van der Waals surface area contributed by atoms with Gasteiger partial charge in [0.1, 0.15) is 0 Å². The Morgan fingerprint density at radius 2 is 2.16 bits per heavy atom. The Kier molecular flexibility index (Phi) is 4.12. The summed E-state index contributed by atoms with van der Waals surface area (Å²) < 4.78 is 0. The molecule has 4 nitrogen and oxygen atoms in total. The zero-order valence-corrected chi connectivity index (χ0v) is 11.3. The van der Waals surface area contributed by atoms with Gasteiger partial charge in [0, 0.05) is 24.7 Å². The number of nitrogens with two attached hydrogens (primary N) is 1. The lowest BCUT2D eigenvalue weighted by atomic mass is 9.95. The van der Waals surface area contributed by atoms with E-state index in [1.165, 1.54) is 0 Å². The molecule has 1 amide bonds. The summed E-state index contributed by atoms with van der Waals surface area (Å²) in [6, 6.07) is 10.0. The van der Waals surface area contributed by atoms with Crippen LogP contribution in [0.4, 0.5) is 0 Å². The molecule has 0 aliphatic heterocycles. The van der Waals surface area contributed by atoms with Crippen molar-refractivity contribution in [2.24, 2.45) is 11.7 Å². The van der Waals surface area contributed by atoms with E-state index in [9.17, 15) is 4.79 Å². The van der Waals surface area contributed by atoms with Crippen LogP contribution in [-0.2, 0) is 11.2 Å². The number of nitrogens with one attached hydrogen (secondary N) is 1. The summed E-state index contributed by atoms with van der Waals surface area (Å²) in [5.74, 6) is -0.212. The molecule has 1 unspecified atom stereocenters. The molecule has 0 fully saturated rings. The molecule has 0 radical (unpaired) electrons. The Hall–Kier alpha value is -1.94. The first-order chi connectivity index (χ1) is 9.15. The van der Waals surface area contributed by atoms with Gasteiger partial charge < -0.3 is 11.1 Å². The largest absolute Gasteiger partial charge is 0.359 e. The predicted molar refractivity (Wildman–Crippen MR) is 76.8 cm³/mol. The van der Waals surface area contributed by atoms with Gasteiger partial charge in [-0.2, -0.15) is 0 Å². The number of carbonyl (C=O) groups is 1. The topological polar surface area (TPSA) is 68.0 Å². The molecule has 2 aromatic rings. The molecule has 1 aromatic heterocycles. The van der Waals surface area contributed by atoms with Crippen molar-refractivity contribution in [1.82, 2.24) is 10.3 Å². The van der Waals surface area contributed by atoms with Crippen LogP contribution in [0.25, 0.3) is 10.9 Å². The maximum Gasteiger partial charge on any atom is 0.224 e. The zero-order chi connectivity index (χ0) is 13.8. The molecule has 3 N–H and O–H groups in total. The third kappa shape index (κ3) is 2.90. The Morgan fingerprint density at radius 1 is 1.42 bits per heavy atom. The second-order valence-corrected chi connectivity index (χ2v) is 4.69. The number of rotatable bonds is 4. The number of carbonyl (C=O) groups excluding carboxylic acids is 1. The van der Waals surface area contributed by atoms with Crippen LogP contribution in [-0.4, -0.2) is 24.5 Å². The molecule has 0 aliphatic carbocycles. The molecule has 1 aromatic carbocycles. The number of pyridine rings is 1. The second kappa shape index (κ2) is 5.80. The first-order valence-electron chi connectivity index (χ1n) is 6.42. The number of fused-ring (bicyclic) bond motifs is 1. The number of aryl methyl sites for hydroxylation is 1. The van der Waals surface area contributed by atoms with E-state index in [1.54, 1.807) is 7.05 Å². The Balaban J connectivity index is 2.41. The van der Waals surface area contributed by atoms with Crippen molar-refractivity contribution < 1.29 is 4.79 Å². The summed E-state index contributed by atoms with van der Waals surface area (Å²) in [4.78, 5) is 16.3. The van der Waals surface area contributed by atoms with Crippen LogP contribution in [0.15, 0.2) is 30.3 Å². The quantitative estimate of drug-likeness (QED) is 0.870. The first kappa shape index (κ1) is 13.5. The maximum atomic E-state index is 11.8. The number of benzene rings is 1. The molecule has 0 saturated heterocycles. The lowest BCUT2D eigenvalue weighted by Gasteiger charge is -2.15. The molecular weight excluding hydrogens is 238 g/mol. The number of aromatic nitrogens is 1. The van der Waals surface area contributed by atoms with E-state index in [2.05, 4.69) is 10.3 Å². The minimum atomic E-state index is -0.199. The van der Waals surface area contributed by atoms with Crippen LogP contribution >= 0.6 is 0 Å². The molecule has 4 heteroatoms. The van der Waals surface area contributed by atoms with Crippen molar-refractivity contribution >= 4 is 16.8 Å². The van der Waals surface area contributed by atoms with E-state index < -0.39 is 0 Å². The molecule has 2 rings (SSSR count). The average molecular weight is 257 g/mol. The highest BCUT2D eigenvalue weighted by atomic mass is 16.1. The van der Waals surface area contributed by atoms with Crippen molar-refractivity contribution in [3.63, 3.8) is 0 Å². The predicted octanol–water partition coefficient (Wildman–Crippen LogP) is 1.41. The average Bonchev–Trinajstić information content (AvgIpc) is 2.43. The highest BCUT2D eigenvalue weighted by molar-refractivity contribution is 5.84. The Morgan fingerprint density at radius 3 is 2.84 bits per heavy atom. The van der Waals surface area contributed by atoms with Crippen molar-refractivity contribution in [1.29, 1.82) is 0 Å². The van der Waals surface area contributed by atoms with Crippen LogP contribution in [0.1, 0.15) is 11.3 Å². The number of hydrogen-bond acceptors (Lipinski definition) is 3. The number of para-hydroxylation sites is 1. The molecular formula is C15H19N3O. The van der Waals surface area contributed by atoms with Gasteiger partial charge in [-0.3, -0.25) is 9.78 Å². The van der Waals surface area contributed by atoms with Crippen LogP contribution < -0.4 is 11.1 Å². The molecule has 0 aliphatic rings. The van der Waals surface area contributed by atoms with E-state index in [4.69, 9.17) is 5.73 Å². The molecule has 100 valence electrons. The van der Waals surface area contributed by atoms with Crippen molar-refractivity contribution in [2.75, 3.05) is 13.6 Å². The molecule has 0 spiro atoms. The van der Waals surface area contributed by atoms with Gasteiger partial charge in [-0.25, -0.2) is 0 Å². The second-order valence-electron chi connectivity index (χ2n) is 4.69. The SMILES string of the molecule is CNC(=O)C(CN)Cc1cc(C)nc2ccccc12. The summed E-state index contributed by atoms with van der Waals surface area (Å²) in [6.45, 7) is 2.31. The van der Waals surface area contributed by atoms with E-state index >= 15 is 0 Å². The van der Waals surface area contributed by atoms with Crippen LogP contribution in [0.3, 0.4) is 0 Å². The summed E-state index contributed by atoms with van der Waals surface area (Å²) >= 11 is 0. The third-order valence-electron chi connectivity index (χ3n) is 3.30. The summed E-state index contributed by atoms with van der Waals surface area (Å²) in [6.07, 6.45) is 0.639. The van der Waals surface area contributed by atoms with Gasteiger partial charge >= 0.3 is 0 Å². The van der Waals surface area contributed by atoms with Crippen molar-refractivity contribution in [3.05, 3.63) is 41.6 Å². The van der Waals surface area contributed by atoms with Gasteiger partial charge in [0.2, 0.25) is 5.91 Å². The van der Waals surface area contributed by atoms with Crippen LogP contribution in [0, 0.1) is 12.8 Å². The van der Waals surface area contributed by atoms with Crippen LogP contribution in [0.2, 0.25) is 0 Å². The molecule has 1 atom stereocenters. The normalized spacial score (nSPS) is 12.4. The molecule has 19 heavy (non-hydrogen) atoms. The summed E-state index contributed by atoms with van der Waals surface area (Å²) in [7, 11) is 1.64. The standard InChI is InChI=1S/C15H19N3O/c1-10-7-11(8-12(9-16)15(19)17-2)13-5-3-4-6-14(13)18-10/h3-7,12H,8-9,16H2,1-2H3,(H,17,19). The monoisotopic (exact) mass is 257 g/mol. The van der Waals surface area contributed by atoms with E-state index in [0.717, 1.165) is 22.2 Å². The van der Waals surface area contributed by atoms with E-state index in [1.807, 2.05) is 37.3 Å². The van der Waals surface area contributed by atoms with Gasteiger partial charge in [0.25, 0.3) is 0 Å². The van der Waals surface area contributed by atoms with Crippen LogP contribution in [0.5, 0.6) is 0 Å². The number of hydrogen-bond donors (Lipinski definition) is 2. The maximum absolute atomic E-state index is 11.8. The van der Waals surface area contributed by atoms with Crippen molar-refractivity contribution in [3.8, 4) is 0 Å². The summed E-state index contributed by atoms with van der Waals surface area (Å²) in [5, 5.41) is 3.76. The smallest absolute Gasteiger partial charge is 0.224 e. The van der Waals surface area contributed by atoms with E-state index in [-0.39, 0.29) is 11.8 Å². The Labute approximate surface area is 113 Å². The number of amides is 1. The molecule has 1 heterocycles. The van der Waals surface area contributed by atoms with Gasteiger partial charge in [-0.15, -0.1) is 0 Å². The minimum absolute atomic E-state index is 0.0129. The van der Waals surface area contributed by atoms with Gasteiger partial charge in [-0.05, 0) is 31.0 Å². The Bertz CT molecular complexity index is 595. The highest BCUT2D eigenvalue weighted by Gasteiger charge is 2.17. The fourth-order valence-electron chi connectivity index (χ4n) is 2.32. The third-order valence-corrected chi connectivity index (χ3v) is 3.30. The van der Waals surface area contributed by atoms with Gasteiger partial charge in [0.05, 0.1) is 11.4 Å². The zero-order valence-electron chi connectivity index (χ0n) is 11.3. The molecule has 0 saturated carbocycles. The summed E-state index contributed by atoms with van der Waals surface area (Å²) in [5.41, 5.74) is 8.75. The van der Waals surface area contributed by atoms with Gasteiger partial charge in [0.15, 0.2) is 0 Å².